The van der Waals surface area contributed by atoms with Gasteiger partial charge in [-0.3, -0.25) is 9.59 Å². The van der Waals surface area contributed by atoms with Gasteiger partial charge >= 0.3 is 0 Å². The molecular weight excluding hydrogens is 538 g/mol. The summed E-state index contributed by atoms with van der Waals surface area (Å²) in [5.41, 5.74) is 2.25. The molecule has 2 amide bonds. The van der Waals surface area contributed by atoms with Gasteiger partial charge in [-0.2, -0.15) is 0 Å². The van der Waals surface area contributed by atoms with Gasteiger partial charge in [0, 0.05) is 16.7 Å². The topological polar surface area (TPSA) is 69.6 Å². The summed E-state index contributed by atoms with van der Waals surface area (Å²) < 4.78 is 1.14. The highest BCUT2D eigenvalue weighted by Crippen LogP contribution is 2.23. The van der Waals surface area contributed by atoms with Crippen LogP contribution in [-0.2, 0) is 22.4 Å². The van der Waals surface area contributed by atoms with Gasteiger partial charge in [-0.05, 0) is 77.2 Å². The summed E-state index contributed by atoms with van der Waals surface area (Å²) in [5.74, 6) is -1.37. The normalized spacial score (nSPS) is 13.8. The average Bonchev–Trinajstić information content (AvgIpc) is 3.02. The Bertz CT molecular complexity index is 977. The summed E-state index contributed by atoms with van der Waals surface area (Å²) in [6.45, 7) is 0.984. The van der Waals surface area contributed by atoms with Crippen molar-refractivity contribution in [1.82, 2.24) is 10.2 Å². The van der Waals surface area contributed by atoms with Gasteiger partial charge in [-0.1, -0.05) is 41.4 Å². The van der Waals surface area contributed by atoms with Gasteiger partial charge < -0.3 is 15.3 Å². The standard InChI is InChI=1S/C22H21Cl2IN2O3/c23-18-8-5-15(12-19(18)24)2-1-10-26-21(29)17-13-27(22(30)20(17)28)11-9-14-3-6-16(25)7-4-14/h3-8,12,28H,1-2,9-11,13H2,(H,26,29). The van der Waals surface area contributed by atoms with Crippen LogP contribution in [0.15, 0.2) is 53.8 Å². The van der Waals surface area contributed by atoms with Crippen molar-refractivity contribution >= 4 is 57.6 Å². The Kier molecular flexibility index (Phi) is 8.02. The number of amides is 2. The molecule has 0 aromatic heterocycles. The van der Waals surface area contributed by atoms with Gasteiger partial charge in [0.1, 0.15) is 0 Å². The Morgan fingerprint density at radius 1 is 1.07 bits per heavy atom. The number of hydrogen-bond donors (Lipinski definition) is 2. The molecule has 0 aliphatic carbocycles. The lowest BCUT2D eigenvalue weighted by Gasteiger charge is -2.16. The molecule has 0 radical (unpaired) electrons. The van der Waals surface area contributed by atoms with Crippen LogP contribution in [0.5, 0.6) is 0 Å². The zero-order valence-electron chi connectivity index (χ0n) is 16.1. The number of carbonyl (C=O) groups excluding carboxylic acids is 2. The van der Waals surface area contributed by atoms with E-state index < -0.39 is 17.6 Å². The van der Waals surface area contributed by atoms with Crippen LogP contribution in [0.3, 0.4) is 0 Å². The molecule has 1 aliphatic rings. The predicted octanol–water partition coefficient (Wildman–Crippen LogP) is 4.54. The number of halogens is 3. The van der Waals surface area contributed by atoms with Gasteiger partial charge in [0.05, 0.1) is 22.2 Å². The molecule has 0 unspecified atom stereocenters. The minimum Gasteiger partial charge on any atom is -0.503 e. The summed E-state index contributed by atoms with van der Waals surface area (Å²) in [4.78, 5) is 26.2. The third-order valence-corrected chi connectivity index (χ3v) is 6.35. The van der Waals surface area contributed by atoms with E-state index in [1.54, 1.807) is 12.1 Å². The minimum absolute atomic E-state index is 0.119. The van der Waals surface area contributed by atoms with Crippen molar-refractivity contribution in [3.63, 3.8) is 0 Å². The number of nitrogens with one attached hydrogen (secondary N) is 1. The van der Waals surface area contributed by atoms with Crippen LogP contribution >= 0.6 is 45.8 Å². The molecule has 2 aromatic carbocycles. The number of aryl methyl sites for hydroxylation is 1. The molecule has 158 valence electrons. The summed E-state index contributed by atoms with van der Waals surface area (Å²) in [6.07, 6.45) is 2.08. The molecule has 2 N–H and O–H groups in total. The largest absolute Gasteiger partial charge is 0.503 e. The lowest BCUT2D eigenvalue weighted by atomic mass is 10.1. The number of hydrogen-bond acceptors (Lipinski definition) is 3. The first kappa shape index (κ1) is 22.9. The maximum absolute atomic E-state index is 12.4. The molecular formula is C22H21Cl2IN2O3. The maximum atomic E-state index is 12.4. The lowest BCUT2D eigenvalue weighted by Crippen LogP contribution is -2.32. The summed E-state index contributed by atoms with van der Waals surface area (Å²) in [6, 6.07) is 13.5. The molecule has 3 rings (SSSR count). The fraction of sp³-hybridized carbons (Fsp3) is 0.273. The molecule has 2 aromatic rings. The van der Waals surface area contributed by atoms with Crippen molar-refractivity contribution < 1.29 is 14.7 Å². The van der Waals surface area contributed by atoms with Crippen LogP contribution in [0.25, 0.3) is 0 Å². The molecule has 0 spiro atoms. The van der Waals surface area contributed by atoms with Crippen molar-refractivity contribution in [2.45, 2.75) is 19.3 Å². The summed E-state index contributed by atoms with van der Waals surface area (Å²) in [5, 5.41) is 13.9. The zero-order valence-corrected chi connectivity index (χ0v) is 19.8. The van der Waals surface area contributed by atoms with Gasteiger partial charge in [0.2, 0.25) is 0 Å². The van der Waals surface area contributed by atoms with E-state index in [-0.39, 0.29) is 12.1 Å². The fourth-order valence-electron chi connectivity index (χ4n) is 3.19. The van der Waals surface area contributed by atoms with E-state index in [0.717, 1.165) is 21.1 Å². The molecule has 0 atom stereocenters. The number of aliphatic hydroxyl groups is 1. The minimum atomic E-state index is -0.499. The van der Waals surface area contributed by atoms with Crippen molar-refractivity contribution in [2.75, 3.05) is 19.6 Å². The molecule has 0 fully saturated rings. The smallest absolute Gasteiger partial charge is 0.289 e. The van der Waals surface area contributed by atoms with E-state index in [0.29, 0.717) is 36.0 Å². The van der Waals surface area contributed by atoms with Crippen molar-refractivity contribution in [2.24, 2.45) is 0 Å². The Hall–Kier alpha value is -1.77. The highest BCUT2D eigenvalue weighted by Gasteiger charge is 2.33. The van der Waals surface area contributed by atoms with Gasteiger partial charge in [0.25, 0.3) is 11.8 Å². The summed E-state index contributed by atoms with van der Waals surface area (Å²) >= 11 is 14.2. The van der Waals surface area contributed by atoms with E-state index in [2.05, 4.69) is 27.9 Å². The second-order valence-corrected chi connectivity index (χ2v) is 9.10. The molecule has 1 aliphatic heterocycles. The van der Waals surface area contributed by atoms with E-state index in [4.69, 9.17) is 23.2 Å². The fourth-order valence-corrected chi connectivity index (χ4v) is 3.87. The third kappa shape index (κ3) is 5.89. The van der Waals surface area contributed by atoms with Crippen LogP contribution in [0, 0.1) is 3.57 Å². The molecule has 30 heavy (non-hydrogen) atoms. The molecule has 0 saturated carbocycles. The molecule has 1 heterocycles. The molecule has 0 bridgehead atoms. The summed E-state index contributed by atoms with van der Waals surface area (Å²) in [7, 11) is 0. The first-order valence-corrected chi connectivity index (χ1v) is 11.4. The molecule has 8 heteroatoms. The number of rotatable bonds is 8. The molecule has 5 nitrogen and oxygen atoms in total. The number of benzene rings is 2. The van der Waals surface area contributed by atoms with Gasteiger partial charge in [0.15, 0.2) is 5.76 Å². The van der Waals surface area contributed by atoms with E-state index >= 15 is 0 Å². The van der Waals surface area contributed by atoms with Gasteiger partial charge in [-0.15, -0.1) is 0 Å². The number of carbonyl (C=O) groups is 2. The maximum Gasteiger partial charge on any atom is 0.289 e. The SMILES string of the molecule is O=C(NCCCc1ccc(Cl)c(Cl)c1)C1=C(O)C(=O)N(CCc2ccc(I)cc2)C1. The lowest BCUT2D eigenvalue weighted by molar-refractivity contribution is -0.127. The Labute approximate surface area is 199 Å². The van der Waals surface area contributed by atoms with E-state index in [1.807, 2.05) is 30.3 Å². The average molecular weight is 559 g/mol. The van der Waals surface area contributed by atoms with Crippen LogP contribution in [0.2, 0.25) is 10.0 Å². The third-order valence-electron chi connectivity index (χ3n) is 4.89. The van der Waals surface area contributed by atoms with Crippen molar-refractivity contribution in [1.29, 1.82) is 0 Å². The highest BCUT2D eigenvalue weighted by molar-refractivity contribution is 14.1. The monoisotopic (exact) mass is 558 g/mol. The zero-order chi connectivity index (χ0) is 21.7. The second kappa shape index (κ2) is 10.5. The van der Waals surface area contributed by atoms with Crippen molar-refractivity contribution in [3.8, 4) is 0 Å². The van der Waals surface area contributed by atoms with Crippen molar-refractivity contribution in [3.05, 3.63) is 78.5 Å². The first-order valence-electron chi connectivity index (χ1n) is 9.53. The van der Waals surface area contributed by atoms with Crippen LogP contribution in [0.1, 0.15) is 17.5 Å². The van der Waals surface area contributed by atoms with E-state index in [1.165, 1.54) is 4.90 Å². The van der Waals surface area contributed by atoms with Crippen LogP contribution in [0.4, 0.5) is 0 Å². The quantitative estimate of drug-likeness (QED) is 0.369. The van der Waals surface area contributed by atoms with Crippen LogP contribution < -0.4 is 5.32 Å². The van der Waals surface area contributed by atoms with E-state index in [9.17, 15) is 14.7 Å². The van der Waals surface area contributed by atoms with Gasteiger partial charge in [-0.25, -0.2) is 0 Å². The highest BCUT2D eigenvalue weighted by atomic mass is 127. The van der Waals surface area contributed by atoms with Crippen LogP contribution in [-0.4, -0.2) is 41.5 Å². The second-order valence-electron chi connectivity index (χ2n) is 7.04. The molecule has 0 saturated heterocycles. The Morgan fingerprint density at radius 3 is 2.47 bits per heavy atom. The first-order chi connectivity index (χ1) is 14.3. The predicted molar refractivity (Wildman–Crippen MR) is 127 cm³/mol. The Morgan fingerprint density at radius 2 is 1.77 bits per heavy atom. The Balaban J connectivity index is 1.46. The number of nitrogens with zero attached hydrogens (tertiary/aromatic N) is 1. The number of aliphatic hydroxyl groups excluding tert-OH is 1.